The van der Waals surface area contributed by atoms with Crippen LogP contribution in [0.15, 0.2) is 5.38 Å². The lowest BCUT2D eigenvalue weighted by Gasteiger charge is -2.40. The Morgan fingerprint density at radius 1 is 1.55 bits per heavy atom. The van der Waals surface area contributed by atoms with Crippen LogP contribution in [0.4, 0.5) is 0 Å². The standard InChI is InChI=1S/C13H18ClN3OS2/c1-8-7-20-10(9(8)14)11(18)16-13(12(15)19)3-5-17(2)6-4-13/h7H,3-6H2,1-2H3,(H2,15,19)(H,16,18). The number of aryl methyl sites for hydroxylation is 1. The lowest BCUT2D eigenvalue weighted by molar-refractivity contribution is 0.0894. The van der Waals surface area contributed by atoms with E-state index in [0.29, 0.717) is 14.9 Å². The molecule has 110 valence electrons. The summed E-state index contributed by atoms with van der Waals surface area (Å²) in [5, 5.41) is 5.40. The van der Waals surface area contributed by atoms with Crippen molar-refractivity contribution >= 4 is 46.1 Å². The minimum atomic E-state index is -0.597. The summed E-state index contributed by atoms with van der Waals surface area (Å²) in [6.07, 6.45) is 1.46. The van der Waals surface area contributed by atoms with E-state index < -0.39 is 5.54 Å². The van der Waals surface area contributed by atoms with Gasteiger partial charge in [0.1, 0.15) is 4.88 Å². The van der Waals surface area contributed by atoms with Gasteiger partial charge in [0.15, 0.2) is 0 Å². The van der Waals surface area contributed by atoms with Crippen molar-refractivity contribution < 1.29 is 4.79 Å². The van der Waals surface area contributed by atoms with E-state index in [2.05, 4.69) is 10.2 Å². The normalized spacial score (nSPS) is 18.8. The fourth-order valence-corrected chi connectivity index (χ4v) is 3.72. The molecule has 0 aliphatic carbocycles. The van der Waals surface area contributed by atoms with Gasteiger partial charge in [0.05, 0.1) is 15.6 Å². The highest BCUT2D eigenvalue weighted by Gasteiger charge is 2.38. The van der Waals surface area contributed by atoms with E-state index in [4.69, 9.17) is 29.6 Å². The Kier molecular flexibility index (Phi) is 4.69. The smallest absolute Gasteiger partial charge is 0.263 e. The van der Waals surface area contributed by atoms with Gasteiger partial charge in [-0.05, 0) is 37.8 Å². The second kappa shape index (κ2) is 5.97. The minimum Gasteiger partial charge on any atom is -0.391 e. The van der Waals surface area contributed by atoms with Gasteiger partial charge >= 0.3 is 0 Å². The fourth-order valence-electron chi connectivity index (χ4n) is 2.29. The van der Waals surface area contributed by atoms with Gasteiger partial charge in [-0.25, -0.2) is 0 Å². The molecule has 1 fully saturated rings. The zero-order chi connectivity index (χ0) is 14.9. The number of amides is 1. The Morgan fingerprint density at radius 3 is 2.60 bits per heavy atom. The number of halogens is 1. The van der Waals surface area contributed by atoms with Crippen LogP contribution in [-0.4, -0.2) is 41.5 Å². The van der Waals surface area contributed by atoms with Crippen LogP contribution in [0, 0.1) is 6.92 Å². The van der Waals surface area contributed by atoms with E-state index in [-0.39, 0.29) is 5.91 Å². The molecule has 20 heavy (non-hydrogen) atoms. The minimum absolute atomic E-state index is 0.189. The number of piperidine rings is 1. The highest BCUT2D eigenvalue weighted by atomic mass is 35.5. The third-order valence-electron chi connectivity index (χ3n) is 3.77. The first-order chi connectivity index (χ1) is 9.35. The highest BCUT2D eigenvalue weighted by molar-refractivity contribution is 7.80. The molecule has 0 saturated carbocycles. The first-order valence-electron chi connectivity index (χ1n) is 6.40. The first-order valence-corrected chi connectivity index (χ1v) is 8.07. The number of nitrogens with zero attached hydrogens (tertiary/aromatic N) is 1. The van der Waals surface area contributed by atoms with Gasteiger partial charge in [-0.1, -0.05) is 23.8 Å². The summed E-state index contributed by atoms with van der Waals surface area (Å²) in [6.45, 7) is 3.60. The maximum absolute atomic E-state index is 12.4. The zero-order valence-corrected chi connectivity index (χ0v) is 13.9. The number of likely N-dealkylation sites (tertiary alicyclic amines) is 1. The Hall–Kier alpha value is -0.690. The Balaban J connectivity index is 2.19. The van der Waals surface area contributed by atoms with Gasteiger partial charge in [0.25, 0.3) is 5.91 Å². The maximum atomic E-state index is 12.4. The van der Waals surface area contributed by atoms with Crippen LogP contribution in [0.2, 0.25) is 5.02 Å². The molecule has 1 aliphatic rings. The fraction of sp³-hybridized carbons (Fsp3) is 0.538. The van der Waals surface area contributed by atoms with Crippen LogP contribution in [0.25, 0.3) is 0 Å². The van der Waals surface area contributed by atoms with E-state index in [9.17, 15) is 4.79 Å². The van der Waals surface area contributed by atoms with Gasteiger partial charge in [-0.15, -0.1) is 11.3 Å². The summed E-state index contributed by atoms with van der Waals surface area (Å²) in [4.78, 5) is 15.5. The molecule has 1 aromatic rings. The number of carbonyl (C=O) groups is 1. The number of nitrogens with two attached hydrogens (primary N) is 1. The van der Waals surface area contributed by atoms with Crippen molar-refractivity contribution in [3.63, 3.8) is 0 Å². The number of hydrogen-bond donors (Lipinski definition) is 2. The molecule has 0 unspecified atom stereocenters. The van der Waals surface area contributed by atoms with E-state index in [1.54, 1.807) is 0 Å². The summed E-state index contributed by atoms with van der Waals surface area (Å²) >= 11 is 12.7. The van der Waals surface area contributed by atoms with Crippen LogP contribution in [0.3, 0.4) is 0 Å². The largest absolute Gasteiger partial charge is 0.391 e. The summed E-state index contributed by atoms with van der Waals surface area (Å²) in [7, 11) is 2.05. The molecule has 0 aromatic carbocycles. The van der Waals surface area contributed by atoms with Crippen LogP contribution >= 0.6 is 35.2 Å². The summed E-state index contributed by atoms with van der Waals surface area (Å²) in [5.41, 5.74) is 6.20. The van der Waals surface area contributed by atoms with Crippen molar-refractivity contribution in [3.05, 3.63) is 20.8 Å². The van der Waals surface area contributed by atoms with Crippen molar-refractivity contribution in [3.8, 4) is 0 Å². The molecule has 3 N–H and O–H groups in total. The maximum Gasteiger partial charge on any atom is 0.263 e. The number of hydrogen-bond acceptors (Lipinski definition) is 4. The SMILES string of the molecule is Cc1csc(C(=O)NC2(C(N)=S)CCN(C)CC2)c1Cl. The number of thiocarbonyl (C=S) groups is 1. The van der Waals surface area contributed by atoms with Crippen LogP contribution in [-0.2, 0) is 0 Å². The lowest BCUT2D eigenvalue weighted by Crippen LogP contribution is -2.61. The Morgan fingerprint density at radius 2 is 2.15 bits per heavy atom. The predicted molar refractivity (Wildman–Crippen MR) is 87.8 cm³/mol. The van der Waals surface area contributed by atoms with E-state index >= 15 is 0 Å². The molecule has 2 rings (SSSR count). The molecule has 7 heteroatoms. The van der Waals surface area contributed by atoms with Gasteiger partial charge in [-0.2, -0.15) is 0 Å². The van der Waals surface area contributed by atoms with Gasteiger partial charge in [-0.3, -0.25) is 4.79 Å². The number of nitrogens with one attached hydrogen (secondary N) is 1. The van der Waals surface area contributed by atoms with E-state index in [1.165, 1.54) is 11.3 Å². The van der Waals surface area contributed by atoms with Gasteiger partial charge in [0.2, 0.25) is 0 Å². The molecule has 1 aromatic heterocycles. The lowest BCUT2D eigenvalue weighted by atomic mass is 9.87. The monoisotopic (exact) mass is 331 g/mol. The Bertz CT molecular complexity index is 536. The topological polar surface area (TPSA) is 58.4 Å². The first kappa shape index (κ1) is 15.7. The molecule has 0 atom stereocenters. The predicted octanol–water partition coefficient (Wildman–Crippen LogP) is 2.19. The van der Waals surface area contributed by atoms with Gasteiger partial charge in [0, 0.05) is 13.1 Å². The molecule has 1 amide bonds. The molecule has 0 bridgehead atoms. The number of carbonyl (C=O) groups excluding carboxylic acids is 1. The van der Waals surface area contributed by atoms with Crippen molar-refractivity contribution in [2.24, 2.45) is 5.73 Å². The third-order valence-corrected chi connectivity index (χ3v) is 5.86. The molecular formula is C13H18ClN3OS2. The average Bonchev–Trinajstić information content (AvgIpc) is 2.73. The summed E-state index contributed by atoms with van der Waals surface area (Å²) in [5.74, 6) is -0.189. The van der Waals surface area contributed by atoms with Crippen molar-refractivity contribution in [2.75, 3.05) is 20.1 Å². The van der Waals surface area contributed by atoms with Crippen LogP contribution < -0.4 is 11.1 Å². The van der Waals surface area contributed by atoms with Crippen molar-refractivity contribution in [1.29, 1.82) is 0 Å². The second-order valence-electron chi connectivity index (χ2n) is 5.27. The molecule has 1 aliphatic heterocycles. The van der Waals surface area contributed by atoms with Crippen molar-refractivity contribution in [1.82, 2.24) is 10.2 Å². The second-order valence-corrected chi connectivity index (χ2v) is 6.96. The van der Waals surface area contributed by atoms with E-state index in [1.807, 2.05) is 19.4 Å². The quantitative estimate of drug-likeness (QED) is 0.834. The molecule has 2 heterocycles. The van der Waals surface area contributed by atoms with Gasteiger partial charge < -0.3 is 16.0 Å². The summed E-state index contributed by atoms with van der Waals surface area (Å²) in [6, 6.07) is 0. The molecule has 0 spiro atoms. The molecule has 0 radical (unpaired) electrons. The van der Waals surface area contributed by atoms with Crippen molar-refractivity contribution in [2.45, 2.75) is 25.3 Å². The Labute approximate surface area is 133 Å². The number of thiophene rings is 1. The molecule has 1 saturated heterocycles. The van der Waals surface area contributed by atoms with Crippen LogP contribution in [0.1, 0.15) is 28.1 Å². The molecule has 4 nitrogen and oxygen atoms in total. The van der Waals surface area contributed by atoms with Crippen LogP contribution in [0.5, 0.6) is 0 Å². The zero-order valence-electron chi connectivity index (χ0n) is 11.5. The third kappa shape index (κ3) is 2.98. The number of rotatable bonds is 3. The average molecular weight is 332 g/mol. The van der Waals surface area contributed by atoms with E-state index in [0.717, 1.165) is 31.5 Å². The summed E-state index contributed by atoms with van der Waals surface area (Å²) < 4.78 is 0. The highest BCUT2D eigenvalue weighted by Crippen LogP contribution is 2.29. The molecular weight excluding hydrogens is 314 g/mol.